The van der Waals surface area contributed by atoms with Gasteiger partial charge in [0.1, 0.15) is 5.76 Å². The lowest BCUT2D eigenvalue weighted by molar-refractivity contribution is -0.121. The molecular weight excluding hydrogens is 252 g/mol. The van der Waals surface area contributed by atoms with Gasteiger partial charge in [-0.3, -0.25) is 10.1 Å². The van der Waals surface area contributed by atoms with Gasteiger partial charge < -0.3 is 10.2 Å². The molecule has 2 rings (SSSR count). The normalized spacial score (nSPS) is 14.2. The Bertz CT molecular complexity index is 535. The van der Waals surface area contributed by atoms with E-state index in [0.717, 1.165) is 11.3 Å². The average molecular weight is 272 g/mol. The second kappa shape index (κ2) is 6.39. The number of carbonyl (C=O) groups excluding carboxylic acids is 1. The number of benzene rings is 1. The van der Waals surface area contributed by atoms with Crippen LogP contribution >= 0.6 is 0 Å². The van der Waals surface area contributed by atoms with Gasteiger partial charge in [-0.25, -0.2) is 0 Å². The van der Waals surface area contributed by atoms with Crippen molar-refractivity contribution in [2.24, 2.45) is 11.7 Å². The van der Waals surface area contributed by atoms with Crippen LogP contribution in [0.25, 0.3) is 0 Å². The van der Waals surface area contributed by atoms with Crippen LogP contribution in [0.15, 0.2) is 53.1 Å². The topological polar surface area (TPSA) is 68.3 Å². The monoisotopic (exact) mass is 272 g/mol. The van der Waals surface area contributed by atoms with E-state index in [2.05, 4.69) is 5.32 Å². The van der Waals surface area contributed by atoms with E-state index < -0.39 is 6.04 Å². The molecule has 4 heteroatoms. The van der Waals surface area contributed by atoms with Crippen molar-refractivity contribution in [1.29, 1.82) is 0 Å². The molecule has 1 amide bonds. The zero-order chi connectivity index (χ0) is 14.5. The summed E-state index contributed by atoms with van der Waals surface area (Å²) in [6.07, 6.45) is 1.63. The first-order valence-electron chi connectivity index (χ1n) is 6.73. The molecule has 0 saturated carbocycles. The van der Waals surface area contributed by atoms with Crippen LogP contribution in [0.2, 0.25) is 0 Å². The minimum Gasteiger partial charge on any atom is -0.467 e. The second-order valence-electron chi connectivity index (χ2n) is 5.15. The molecule has 20 heavy (non-hydrogen) atoms. The summed E-state index contributed by atoms with van der Waals surface area (Å²) in [5.74, 6) is 0.518. The molecule has 4 nitrogen and oxygen atoms in total. The number of amides is 1. The van der Waals surface area contributed by atoms with Gasteiger partial charge in [-0.15, -0.1) is 0 Å². The molecule has 1 aromatic carbocycles. The number of carbonyl (C=O) groups is 1. The van der Waals surface area contributed by atoms with Crippen LogP contribution in [-0.4, -0.2) is 11.9 Å². The molecule has 1 aromatic heterocycles. The van der Waals surface area contributed by atoms with E-state index in [1.807, 2.05) is 56.3 Å². The van der Waals surface area contributed by atoms with Crippen LogP contribution in [0.1, 0.15) is 31.2 Å². The molecule has 0 aliphatic heterocycles. The van der Waals surface area contributed by atoms with E-state index in [1.165, 1.54) is 0 Å². The minimum absolute atomic E-state index is 0.105. The molecule has 0 spiro atoms. The average Bonchev–Trinajstić information content (AvgIpc) is 2.93. The Labute approximate surface area is 119 Å². The molecular formula is C16H20N2O2. The van der Waals surface area contributed by atoms with Gasteiger partial charge in [0.15, 0.2) is 0 Å². The maximum absolute atomic E-state index is 11.6. The summed E-state index contributed by atoms with van der Waals surface area (Å²) in [5.41, 5.74) is 6.52. The quantitative estimate of drug-likeness (QED) is 0.848. The Balaban J connectivity index is 2.31. The zero-order valence-corrected chi connectivity index (χ0v) is 11.7. The molecule has 2 atom stereocenters. The van der Waals surface area contributed by atoms with Gasteiger partial charge in [-0.05, 0) is 23.6 Å². The maximum atomic E-state index is 11.6. The van der Waals surface area contributed by atoms with E-state index in [9.17, 15) is 4.79 Å². The third-order valence-corrected chi connectivity index (χ3v) is 3.28. The van der Waals surface area contributed by atoms with Gasteiger partial charge in [-0.1, -0.05) is 44.2 Å². The smallest absolute Gasteiger partial charge is 0.234 e. The molecule has 0 aliphatic rings. The summed E-state index contributed by atoms with van der Waals surface area (Å²) in [6, 6.07) is 13.0. The fourth-order valence-corrected chi connectivity index (χ4v) is 2.23. The highest BCUT2D eigenvalue weighted by Gasteiger charge is 2.26. The Hall–Kier alpha value is -2.07. The van der Waals surface area contributed by atoms with Gasteiger partial charge in [0.2, 0.25) is 5.91 Å². The van der Waals surface area contributed by atoms with Gasteiger partial charge >= 0.3 is 0 Å². The first kappa shape index (κ1) is 14.3. The molecule has 0 saturated heterocycles. The largest absolute Gasteiger partial charge is 0.467 e. The molecule has 1 heterocycles. The Morgan fingerprint density at radius 2 is 1.85 bits per heavy atom. The van der Waals surface area contributed by atoms with Crippen molar-refractivity contribution in [3.63, 3.8) is 0 Å². The number of primary amides is 1. The Morgan fingerprint density at radius 1 is 1.15 bits per heavy atom. The fourth-order valence-electron chi connectivity index (χ4n) is 2.23. The van der Waals surface area contributed by atoms with Gasteiger partial charge in [-0.2, -0.15) is 0 Å². The number of hydrogen-bond donors (Lipinski definition) is 2. The van der Waals surface area contributed by atoms with Crippen molar-refractivity contribution in [1.82, 2.24) is 5.32 Å². The summed E-state index contributed by atoms with van der Waals surface area (Å²) in [4.78, 5) is 11.6. The number of furan rings is 1. The molecule has 3 N–H and O–H groups in total. The van der Waals surface area contributed by atoms with Crippen LogP contribution in [0, 0.1) is 5.92 Å². The third kappa shape index (κ3) is 3.27. The molecule has 2 unspecified atom stereocenters. The lowest BCUT2D eigenvalue weighted by atomic mass is 9.98. The first-order chi connectivity index (χ1) is 9.59. The van der Waals surface area contributed by atoms with Crippen LogP contribution in [0.3, 0.4) is 0 Å². The Morgan fingerprint density at radius 3 is 2.35 bits per heavy atom. The number of hydrogen-bond acceptors (Lipinski definition) is 3. The highest BCUT2D eigenvalue weighted by molar-refractivity contribution is 5.80. The lowest BCUT2D eigenvalue weighted by Gasteiger charge is -2.25. The zero-order valence-electron chi connectivity index (χ0n) is 11.7. The van der Waals surface area contributed by atoms with E-state index >= 15 is 0 Å². The molecule has 0 radical (unpaired) electrons. The van der Waals surface area contributed by atoms with E-state index in [1.54, 1.807) is 6.26 Å². The highest BCUT2D eigenvalue weighted by atomic mass is 16.3. The summed E-state index contributed by atoms with van der Waals surface area (Å²) >= 11 is 0. The third-order valence-electron chi connectivity index (χ3n) is 3.28. The molecule has 0 aliphatic carbocycles. The standard InChI is InChI=1S/C16H20N2O2/c1-11(2)14(16(17)19)18-15(13-9-6-10-20-13)12-7-4-3-5-8-12/h3-11,14-15,18H,1-2H3,(H2,17,19). The van der Waals surface area contributed by atoms with Crippen molar-refractivity contribution in [2.75, 3.05) is 0 Å². The van der Waals surface area contributed by atoms with Crippen molar-refractivity contribution in [3.05, 3.63) is 60.1 Å². The molecule has 0 bridgehead atoms. The van der Waals surface area contributed by atoms with Gasteiger partial charge in [0.05, 0.1) is 18.3 Å². The van der Waals surface area contributed by atoms with E-state index in [0.29, 0.717) is 0 Å². The predicted octanol–water partition coefficient (Wildman–Crippen LogP) is 2.47. The number of nitrogens with one attached hydrogen (secondary N) is 1. The van der Waals surface area contributed by atoms with Crippen LogP contribution < -0.4 is 11.1 Å². The molecule has 2 aromatic rings. The highest BCUT2D eigenvalue weighted by Crippen LogP contribution is 2.24. The van der Waals surface area contributed by atoms with Crippen molar-refractivity contribution < 1.29 is 9.21 Å². The van der Waals surface area contributed by atoms with Gasteiger partial charge in [0, 0.05) is 0 Å². The summed E-state index contributed by atoms with van der Waals surface area (Å²) in [5, 5.41) is 3.30. The predicted molar refractivity (Wildman–Crippen MR) is 77.9 cm³/mol. The summed E-state index contributed by atoms with van der Waals surface area (Å²) in [6.45, 7) is 3.93. The van der Waals surface area contributed by atoms with Crippen LogP contribution in [0.5, 0.6) is 0 Å². The van der Waals surface area contributed by atoms with Gasteiger partial charge in [0.25, 0.3) is 0 Å². The Kier molecular flexibility index (Phi) is 4.58. The number of nitrogens with two attached hydrogens (primary N) is 1. The van der Waals surface area contributed by atoms with E-state index in [4.69, 9.17) is 10.2 Å². The van der Waals surface area contributed by atoms with E-state index in [-0.39, 0.29) is 17.9 Å². The summed E-state index contributed by atoms with van der Waals surface area (Å²) < 4.78 is 5.50. The first-order valence-corrected chi connectivity index (χ1v) is 6.73. The second-order valence-corrected chi connectivity index (χ2v) is 5.15. The fraction of sp³-hybridized carbons (Fsp3) is 0.312. The van der Waals surface area contributed by atoms with Crippen LogP contribution in [-0.2, 0) is 4.79 Å². The maximum Gasteiger partial charge on any atom is 0.234 e. The molecule has 0 fully saturated rings. The van der Waals surface area contributed by atoms with Crippen molar-refractivity contribution in [2.45, 2.75) is 25.9 Å². The van der Waals surface area contributed by atoms with Crippen molar-refractivity contribution >= 4 is 5.91 Å². The SMILES string of the molecule is CC(C)C(NC(c1ccccc1)c1ccco1)C(N)=O. The molecule has 106 valence electrons. The lowest BCUT2D eigenvalue weighted by Crippen LogP contribution is -2.46. The van der Waals surface area contributed by atoms with Crippen molar-refractivity contribution in [3.8, 4) is 0 Å². The number of rotatable bonds is 6. The van der Waals surface area contributed by atoms with Crippen LogP contribution in [0.4, 0.5) is 0 Å². The minimum atomic E-state index is -0.412. The summed E-state index contributed by atoms with van der Waals surface area (Å²) in [7, 11) is 0.